The Hall–Kier alpha value is -8.92. The molecule has 3 radical (unpaired) electrons. The Kier molecular flexibility index (Phi) is 85.3. The molecule has 1 aliphatic rings. The molecule has 1 atom stereocenters. The van der Waals surface area contributed by atoms with Gasteiger partial charge in [0.2, 0.25) is 11.8 Å². The van der Waals surface area contributed by atoms with Crippen molar-refractivity contribution in [1.82, 2.24) is 44.8 Å². The van der Waals surface area contributed by atoms with Crippen LogP contribution in [0.5, 0.6) is 0 Å². The van der Waals surface area contributed by atoms with E-state index in [-0.39, 0.29) is 102 Å². The molecule has 96 heavy (non-hydrogen) atoms. The smallest absolute Gasteiger partial charge is 0.857 e. The van der Waals surface area contributed by atoms with Gasteiger partial charge < -0.3 is 66.7 Å². The third-order valence-corrected chi connectivity index (χ3v) is 10.6. The molecule has 13 N–H and O–H groups in total. The number of hydrogen-bond donors (Lipinski definition) is 9. The zero-order valence-corrected chi connectivity index (χ0v) is 58.9. The Morgan fingerprint density at radius 3 is 1.75 bits per heavy atom. The summed E-state index contributed by atoms with van der Waals surface area (Å²) in [5.74, 6) is -1.30. The number of hydrogen-bond acceptors (Lipinski definition) is 26. The van der Waals surface area contributed by atoms with Gasteiger partial charge in [-0.15, -0.1) is 0 Å². The van der Waals surface area contributed by atoms with Gasteiger partial charge in [0, 0.05) is 72.7 Å². The normalized spacial score (nSPS) is 9.28. The molecule has 539 valence electrons. The molecule has 34 nitrogen and oxygen atoms in total. The number of aliphatic hydroxyl groups is 1. The van der Waals surface area contributed by atoms with Gasteiger partial charge in [0.25, 0.3) is 12.4 Å². The van der Waals surface area contributed by atoms with Crippen molar-refractivity contribution in [2.24, 2.45) is 11.7 Å². The molecule has 1 unspecified atom stereocenters. The monoisotopic (exact) mass is 1420 g/mol. The Morgan fingerprint density at radius 1 is 0.875 bits per heavy atom. The standard InChI is InChI=1S/C9H13N3O3.C8H7Cl2N3.C8H9N3O2.C6H8N2O.C5H9N3.C5H7NO.C5H8O4.C4H7N.C3H6O2.CH4O.CH3O.CH4.B.2FH.H2N2.Na.H2O.3H2/c1-3-6-5-10-12-9(6)11-7(13)4-8(14)15-2;1-2-5-4-11-13-7(10)3-6(9)12-8(5)13;1-2-5-4-9-11-7(13)3-6(12)10-8(5)11;7-4-6-2-1-3-8(9)5-6;1-2-4-3-7-8-5(4)6;1-2-5(3-6)4-7;1-8-4(6)3-5(7)9-2;1-2-3-4-5;1-2-5-3-4;2*1-2;;;;;1-2;;;;;/h5H,3-4H2,1-2H3,(H2,10,11,12,13);3-4H,2H2,1H3;4H,2-3H2,1H3,(H,10,12);1-3,5H,4,7H2;3H,2H2,1H3,(H3,6,7,8);4-5H,2H2,1H3;3H2,1-2H3;2-3H2,1H3;3H,2H2,1H3;2H,1H3;1H3;1H4;;2*1H;1-2H;;1H2;3*1H/q;;;;;;;;;;-1;;;;;;+1;;;;/i;;;;;;;;;;;;;;;;;;2*1+1;. The molecular formula is C56H97BCl2F2N18NaO16. The summed E-state index contributed by atoms with van der Waals surface area (Å²) in [5, 5.41) is 68.5. The number of H-pyrrole nitrogens is 2. The molecular weight excluding hydrogens is 1320 g/mol. The summed E-state index contributed by atoms with van der Waals surface area (Å²) in [7, 11) is 5.42. The molecule has 40 heteroatoms. The number of aryl methyl sites for hydroxylation is 4. The summed E-state index contributed by atoms with van der Waals surface area (Å²) in [6.07, 6.45) is 15.2. The number of nitrogens with one attached hydrogen (secondary N) is 6. The maximum atomic E-state index is 11.3. The van der Waals surface area contributed by atoms with Crippen LogP contribution in [0.3, 0.4) is 0 Å². The number of unbranched alkanes of at least 4 members (excludes halogenated alkanes) is 1. The molecule has 0 fully saturated rings. The summed E-state index contributed by atoms with van der Waals surface area (Å²) in [4.78, 5) is 88.0. The van der Waals surface area contributed by atoms with Crippen molar-refractivity contribution in [2.75, 3.05) is 58.5 Å². The predicted octanol–water partition coefficient (Wildman–Crippen LogP) is 2.44. The average Bonchev–Trinajstić information content (AvgIpc) is 1.71. The maximum Gasteiger partial charge on any atom is 1.00 e. The fraction of sp³-hybridized carbons (Fsp3) is 0.464. The van der Waals surface area contributed by atoms with Crippen LogP contribution in [0.15, 0.2) is 55.4 Å². The first-order chi connectivity index (χ1) is 43.2. The van der Waals surface area contributed by atoms with Gasteiger partial charge in [0.05, 0.1) is 64.9 Å². The number of carbonyl (C=O) groups is 8. The molecule has 0 bridgehead atoms. The molecule has 6 aromatic rings. The molecule has 0 spiro atoms. The number of fused-ring (bicyclic) bond motifs is 2. The van der Waals surface area contributed by atoms with Crippen LogP contribution < -0.4 is 61.5 Å². The number of nitriles is 2. The van der Waals surface area contributed by atoms with E-state index in [2.05, 4.69) is 65.2 Å². The third-order valence-electron chi connectivity index (χ3n) is 10.1. The second-order valence-electron chi connectivity index (χ2n) is 16.0. The van der Waals surface area contributed by atoms with E-state index in [9.17, 15) is 43.6 Å². The molecule has 0 aliphatic carbocycles. The average molecular weight is 1420 g/mol. The van der Waals surface area contributed by atoms with Crippen LogP contribution in [0.25, 0.3) is 5.65 Å². The first kappa shape index (κ1) is 111. The fourth-order valence-corrected chi connectivity index (χ4v) is 5.97. The number of ether oxygens (including phenoxy) is 4. The van der Waals surface area contributed by atoms with Crippen molar-refractivity contribution in [3.05, 3.63) is 98.7 Å². The second-order valence-corrected chi connectivity index (χ2v) is 16.8. The van der Waals surface area contributed by atoms with Crippen LogP contribution in [0.4, 0.5) is 26.9 Å². The summed E-state index contributed by atoms with van der Waals surface area (Å²) in [6.45, 7) is 14.9. The van der Waals surface area contributed by atoms with Crippen LogP contribution in [-0.2, 0) is 84.7 Å². The summed E-state index contributed by atoms with van der Waals surface area (Å²) in [6, 6.07) is 8.91. The predicted molar refractivity (Wildman–Crippen MR) is 356 cm³/mol. The van der Waals surface area contributed by atoms with E-state index in [1.54, 1.807) is 48.4 Å². The van der Waals surface area contributed by atoms with E-state index in [1.165, 1.54) is 38.4 Å². The number of amides is 2. The van der Waals surface area contributed by atoms with Gasteiger partial charge >= 0.3 is 47.5 Å². The van der Waals surface area contributed by atoms with Gasteiger partial charge in [0.15, 0.2) is 18.0 Å². The number of anilines is 3. The number of esters is 3. The van der Waals surface area contributed by atoms with Crippen molar-refractivity contribution in [1.29, 1.82) is 21.6 Å². The number of aromatic nitrogens is 10. The van der Waals surface area contributed by atoms with Crippen LogP contribution in [0.2, 0.25) is 10.3 Å². The molecule has 7 heterocycles. The number of pyridine rings is 1. The van der Waals surface area contributed by atoms with E-state index in [1.807, 2.05) is 59.7 Å². The molecule has 7 rings (SSSR count). The minimum atomic E-state index is -0.582. The topological polar surface area (TPSA) is 552 Å². The number of nitrogens with two attached hydrogens (primary N) is 2. The Labute approximate surface area is 595 Å². The van der Waals surface area contributed by atoms with Crippen LogP contribution >= 0.6 is 23.2 Å². The largest absolute Gasteiger partial charge is 1.00 e. The zero-order chi connectivity index (χ0) is 70.0. The Bertz CT molecular complexity index is 3090. The van der Waals surface area contributed by atoms with Crippen LogP contribution in [-0.4, -0.2) is 154 Å². The number of halogens is 4. The van der Waals surface area contributed by atoms with E-state index in [0.717, 1.165) is 84.5 Å². The maximum absolute atomic E-state index is 11.3. The van der Waals surface area contributed by atoms with Gasteiger partial charge in [-0.25, -0.2) is 20.6 Å². The number of nitrogens with zero attached hydrogens (tertiary/aromatic N) is 10. The van der Waals surface area contributed by atoms with Crippen molar-refractivity contribution in [3.8, 4) is 12.1 Å². The summed E-state index contributed by atoms with van der Waals surface area (Å²) < 4.78 is 20.5. The van der Waals surface area contributed by atoms with Crippen molar-refractivity contribution in [3.63, 3.8) is 0 Å². The van der Waals surface area contributed by atoms with Gasteiger partial charge in [-0.3, -0.25) is 53.2 Å². The fourth-order valence-electron chi connectivity index (χ4n) is 5.50. The van der Waals surface area contributed by atoms with Crippen molar-refractivity contribution < 1.29 is 121 Å². The van der Waals surface area contributed by atoms with Crippen LogP contribution in [0, 0.1) is 44.8 Å². The van der Waals surface area contributed by atoms with Gasteiger partial charge in [-0.1, -0.05) is 72.2 Å². The van der Waals surface area contributed by atoms with Gasteiger partial charge in [-0.05, 0) is 51.5 Å². The van der Waals surface area contributed by atoms with Gasteiger partial charge in [-0.2, -0.15) is 47.4 Å². The minimum absolute atomic E-state index is 0. The molecule has 0 saturated carbocycles. The van der Waals surface area contributed by atoms with E-state index in [4.69, 9.17) is 66.5 Å². The van der Waals surface area contributed by atoms with Crippen molar-refractivity contribution in [2.45, 2.75) is 127 Å². The quantitative estimate of drug-likeness (QED) is 0.00820. The van der Waals surface area contributed by atoms with E-state index < -0.39 is 23.8 Å². The first-order valence-corrected chi connectivity index (χ1v) is 27.6. The SMILES string of the molecule is C.CCC(C#N)C=O.CCCC#N.CCOC=O.CCc1cn[nH]c1N.CCc1cn[nH]c1NC(=O)CC(=O)OC.CCc1cnn2c(Cl)cc(Cl)nc12.CCc1cnn2c1NC(=O)CC2=O.CO.COC(=O)CC(=O)OC.C[O-].F.F.N=N.NCc1ccc[n+]([O-])c1.O.[2HH].[2HH].[B].[HH].[Na+]. The number of aliphatic hydroxyl groups excluding tert-OH is 1. The number of aromatic amines is 2. The Morgan fingerprint density at radius 2 is 1.39 bits per heavy atom. The minimum Gasteiger partial charge on any atom is -0.857 e. The molecule has 6 aromatic heterocycles. The van der Waals surface area contributed by atoms with Crippen molar-refractivity contribution >= 4 is 103 Å². The number of rotatable bonds is 15. The summed E-state index contributed by atoms with van der Waals surface area (Å²) >= 11 is 11.7. The number of methoxy groups -OCH3 is 3. The summed E-state index contributed by atoms with van der Waals surface area (Å²) in [5.41, 5.74) is 26.2. The molecule has 0 saturated heterocycles. The van der Waals surface area contributed by atoms with Crippen LogP contribution in [0.1, 0.15) is 131 Å². The Balaban J connectivity index is -0.0000000682. The molecule has 0 aromatic carbocycles. The van der Waals surface area contributed by atoms with Gasteiger partial charge in [0.1, 0.15) is 59.2 Å². The number of carbonyl (C=O) groups excluding carboxylic acids is 8. The molecule has 2 amide bonds. The first-order valence-electron chi connectivity index (χ1n) is 26.8. The van der Waals surface area contributed by atoms with E-state index >= 15 is 0 Å². The number of nitrogen functional groups attached to an aromatic ring is 1. The third kappa shape index (κ3) is 50.6. The zero-order valence-electron chi connectivity index (χ0n) is 55.4. The van der Waals surface area contributed by atoms with E-state index in [0.29, 0.717) is 66.5 Å². The number of aldehydes is 1. The molecule has 1 aliphatic heterocycles. The second kappa shape index (κ2) is 73.5.